The number of ketones is 1. The molecule has 18 heavy (non-hydrogen) atoms. The number of hydrogen-bond donors (Lipinski definition) is 0. The first kappa shape index (κ1) is 12.8. The van der Waals surface area contributed by atoms with Gasteiger partial charge in [-0.25, -0.2) is 0 Å². The summed E-state index contributed by atoms with van der Waals surface area (Å²) >= 11 is 0. The van der Waals surface area contributed by atoms with E-state index in [1.165, 1.54) is 0 Å². The third kappa shape index (κ3) is 2.78. The second kappa shape index (κ2) is 5.34. The molecule has 1 aromatic carbocycles. The number of cyclic esters (lactones) is 1. The van der Waals surface area contributed by atoms with Crippen molar-refractivity contribution < 1.29 is 14.3 Å². The summed E-state index contributed by atoms with van der Waals surface area (Å²) in [6.45, 7) is 3.96. The van der Waals surface area contributed by atoms with Crippen molar-refractivity contribution in [2.45, 2.75) is 32.8 Å². The summed E-state index contributed by atoms with van der Waals surface area (Å²) in [5, 5.41) is 0. The molecule has 0 aliphatic carbocycles. The van der Waals surface area contributed by atoms with Crippen LogP contribution in [0.2, 0.25) is 0 Å². The molecule has 2 rings (SSSR count). The largest absolute Gasteiger partial charge is 0.461 e. The molecule has 1 aromatic rings. The van der Waals surface area contributed by atoms with E-state index in [9.17, 15) is 9.59 Å². The Labute approximate surface area is 107 Å². The minimum absolute atomic E-state index is 0.00815. The van der Waals surface area contributed by atoms with Gasteiger partial charge in [-0.15, -0.1) is 0 Å². The van der Waals surface area contributed by atoms with Crippen LogP contribution in [0.3, 0.4) is 0 Å². The highest BCUT2D eigenvalue weighted by Crippen LogP contribution is 2.27. The number of benzene rings is 1. The molecular formula is C15H18O3. The first-order chi connectivity index (χ1) is 8.58. The van der Waals surface area contributed by atoms with Gasteiger partial charge in [0.1, 0.15) is 12.5 Å². The fourth-order valence-corrected chi connectivity index (χ4v) is 2.43. The molecule has 0 amide bonds. The molecule has 0 saturated carbocycles. The number of ether oxygens (including phenoxy) is 1. The minimum atomic E-state index is -0.386. The third-order valence-corrected chi connectivity index (χ3v) is 3.35. The molecule has 0 radical (unpaired) electrons. The number of carbonyl (C=O) groups is 2. The summed E-state index contributed by atoms with van der Waals surface area (Å²) in [4.78, 5) is 23.4. The lowest BCUT2D eigenvalue weighted by Crippen LogP contribution is -2.43. The monoisotopic (exact) mass is 246 g/mol. The Morgan fingerprint density at radius 3 is 2.50 bits per heavy atom. The van der Waals surface area contributed by atoms with Gasteiger partial charge in [-0.1, -0.05) is 44.2 Å². The SMILES string of the molecule is CC(C)[C@@H]1OC(=O)CC(=O)[C@H]1Cc1ccccc1. The Kier molecular flexibility index (Phi) is 3.80. The molecule has 3 heteroatoms. The van der Waals surface area contributed by atoms with Gasteiger partial charge in [0.2, 0.25) is 0 Å². The van der Waals surface area contributed by atoms with E-state index >= 15 is 0 Å². The van der Waals surface area contributed by atoms with Gasteiger partial charge in [0.15, 0.2) is 5.78 Å². The maximum atomic E-state index is 12.0. The molecule has 1 saturated heterocycles. The van der Waals surface area contributed by atoms with Crippen LogP contribution in [0.1, 0.15) is 25.8 Å². The predicted octanol–water partition coefficient (Wildman–Crippen LogP) is 2.39. The molecule has 0 bridgehead atoms. The first-order valence-electron chi connectivity index (χ1n) is 6.34. The molecule has 1 aliphatic heterocycles. The van der Waals surface area contributed by atoms with Crippen LogP contribution in [0, 0.1) is 11.8 Å². The zero-order valence-electron chi connectivity index (χ0n) is 10.8. The minimum Gasteiger partial charge on any atom is -0.461 e. The van der Waals surface area contributed by atoms with Crippen LogP contribution in [0.25, 0.3) is 0 Å². The molecule has 0 aromatic heterocycles. The fourth-order valence-electron chi connectivity index (χ4n) is 2.43. The van der Waals surface area contributed by atoms with Gasteiger partial charge in [-0.2, -0.15) is 0 Å². The lowest BCUT2D eigenvalue weighted by atomic mass is 9.82. The average molecular weight is 246 g/mol. The summed E-state index contributed by atoms with van der Waals surface area (Å²) in [6, 6.07) is 9.87. The topological polar surface area (TPSA) is 43.4 Å². The van der Waals surface area contributed by atoms with Gasteiger partial charge in [0, 0.05) is 0 Å². The van der Waals surface area contributed by atoms with Gasteiger partial charge in [0.05, 0.1) is 5.92 Å². The van der Waals surface area contributed by atoms with Crippen LogP contribution in [0.15, 0.2) is 30.3 Å². The van der Waals surface area contributed by atoms with Crippen molar-refractivity contribution in [3.05, 3.63) is 35.9 Å². The molecule has 0 spiro atoms. The molecule has 1 heterocycles. The number of hydrogen-bond acceptors (Lipinski definition) is 3. The molecule has 0 N–H and O–H groups in total. The molecule has 96 valence electrons. The van der Waals surface area contributed by atoms with E-state index in [-0.39, 0.29) is 36.1 Å². The standard InChI is InChI=1S/C15H18O3/c1-10(2)15-12(13(16)9-14(17)18-15)8-11-6-4-3-5-7-11/h3-7,10,12,15H,8-9H2,1-2H3/t12-,15+/m1/s1. The zero-order chi connectivity index (χ0) is 13.1. The van der Waals surface area contributed by atoms with E-state index in [2.05, 4.69) is 0 Å². The Bertz CT molecular complexity index is 436. The summed E-state index contributed by atoms with van der Waals surface area (Å²) in [5.41, 5.74) is 1.11. The van der Waals surface area contributed by atoms with Crippen molar-refractivity contribution in [2.24, 2.45) is 11.8 Å². The van der Waals surface area contributed by atoms with E-state index in [1.54, 1.807) is 0 Å². The second-order valence-electron chi connectivity index (χ2n) is 5.14. The molecule has 0 unspecified atom stereocenters. The van der Waals surface area contributed by atoms with E-state index in [0.717, 1.165) is 5.56 Å². The van der Waals surface area contributed by atoms with Crippen molar-refractivity contribution in [3.63, 3.8) is 0 Å². The van der Waals surface area contributed by atoms with Crippen LogP contribution in [0.5, 0.6) is 0 Å². The van der Waals surface area contributed by atoms with Gasteiger partial charge < -0.3 is 4.74 Å². The highest BCUT2D eigenvalue weighted by molar-refractivity contribution is 5.99. The third-order valence-electron chi connectivity index (χ3n) is 3.35. The summed E-state index contributed by atoms with van der Waals surface area (Å²) in [6.07, 6.45) is 0.273. The van der Waals surface area contributed by atoms with Crippen LogP contribution < -0.4 is 0 Å². The maximum absolute atomic E-state index is 12.0. The summed E-state index contributed by atoms with van der Waals surface area (Å²) < 4.78 is 5.34. The van der Waals surface area contributed by atoms with Crippen molar-refractivity contribution >= 4 is 11.8 Å². The Balaban J connectivity index is 2.17. The highest BCUT2D eigenvalue weighted by atomic mass is 16.5. The Morgan fingerprint density at radius 1 is 1.22 bits per heavy atom. The smallest absolute Gasteiger partial charge is 0.313 e. The second-order valence-corrected chi connectivity index (χ2v) is 5.14. The Hall–Kier alpha value is -1.64. The molecule has 1 fully saturated rings. The number of carbonyl (C=O) groups excluding carboxylic acids is 2. The van der Waals surface area contributed by atoms with E-state index in [1.807, 2.05) is 44.2 Å². The first-order valence-corrected chi connectivity index (χ1v) is 6.34. The lowest BCUT2D eigenvalue weighted by molar-refractivity contribution is -0.166. The normalized spacial score (nSPS) is 24.2. The van der Waals surface area contributed by atoms with Crippen LogP contribution >= 0.6 is 0 Å². The lowest BCUT2D eigenvalue weighted by Gasteiger charge is -2.32. The molecular weight excluding hydrogens is 228 g/mol. The van der Waals surface area contributed by atoms with Gasteiger partial charge in [-0.05, 0) is 17.9 Å². The van der Waals surface area contributed by atoms with Crippen LogP contribution in [-0.4, -0.2) is 17.9 Å². The average Bonchev–Trinajstić information content (AvgIpc) is 2.33. The van der Waals surface area contributed by atoms with Crippen molar-refractivity contribution in [1.29, 1.82) is 0 Å². The Morgan fingerprint density at radius 2 is 1.89 bits per heavy atom. The highest BCUT2D eigenvalue weighted by Gasteiger charge is 2.38. The van der Waals surface area contributed by atoms with Gasteiger partial charge in [-0.3, -0.25) is 9.59 Å². The van der Waals surface area contributed by atoms with Crippen molar-refractivity contribution in [3.8, 4) is 0 Å². The predicted molar refractivity (Wildman–Crippen MR) is 68.0 cm³/mol. The van der Waals surface area contributed by atoms with E-state index in [4.69, 9.17) is 4.74 Å². The van der Waals surface area contributed by atoms with Crippen molar-refractivity contribution in [2.75, 3.05) is 0 Å². The molecule has 1 aliphatic rings. The maximum Gasteiger partial charge on any atom is 0.313 e. The van der Waals surface area contributed by atoms with E-state index in [0.29, 0.717) is 6.42 Å². The van der Waals surface area contributed by atoms with Crippen molar-refractivity contribution in [1.82, 2.24) is 0 Å². The quantitative estimate of drug-likeness (QED) is 0.607. The number of esters is 1. The van der Waals surface area contributed by atoms with Crippen LogP contribution in [0.4, 0.5) is 0 Å². The molecule has 2 atom stereocenters. The number of rotatable bonds is 3. The van der Waals surface area contributed by atoms with Crippen LogP contribution in [-0.2, 0) is 20.7 Å². The van der Waals surface area contributed by atoms with Gasteiger partial charge in [0.25, 0.3) is 0 Å². The zero-order valence-corrected chi connectivity index (χ0v) is 10.8. The number of Topliss-reactive ketones (excluding diaryl/α,β-unsaturated/α-hetero) is 1. The summed E-state index contributed by atoms with van der Waals surface area (Å²) in [5.74, 6) is -0.422. The molecule has 3 nitrogen and oxygen atoms in total. The van der Waals surface area contributed by atoms with E-state index < -0.39 is 0 Å². The summed E-state index contributed by atoms with van der Waals surface area (Å²) in [7, 11) is 0. The van der Waals surface area contributed by atoms with Gasteiger partial charge >= 0.3 is 5.97 Å². The fraction of sp³-hybridized carbons (Fsp3) is 0.467.